The summed E-state index contributed by atoms with van der Waals surface area (Å²) in [4.78, 5) is 16.3. The number of anilines is 2. The molecule has 0 radical (unpaired) electrons. The van der Waals surface area contributed by atoms with Gasteiger partial charge in [-0.15, -0.1) is 0 Å². The second kappa shape index (κ2) is 6.88. The third-order valence-electron chi connectivity index (χ3n) is 4.59. The molecule has 1 fully saturated rings. The number of amides is 1. The van der Waals surface area contributed by atoms with Crippen molar-refractivity contribution in [2.75, 3.05) is 18.5 Å². The number of rotatable bonds is 5. The van der Waals surface area contributed by atoms with Crippen molar-refractivity contribution in [1.82, 2.24) is 14.8 Å². The molecule has 1 unspecified atom stereocenters. The van der Waals surface area contributed by atoms with E-state index in [0.717, 1.165) is 35.5 Å². The van der Waals surface area contributed by atoms with E-state index in [4.69, 9.17) is 15.2 Å². The van der Waals surface area contributed by atoms with E-state index in [1.807, 2.05) is 38.2 Å². The molecule has 1 aliphatic rings. The van der Waals surface area contributed by atoms with E-state index in [2.05, 4.69) is 15.4 Å². The molecule has 3 heterocycles. The highest BCUT2D eigenvalue weighted by molar-refractivity contribution is 6.07. The second-order valence-electron chi connectivity index (χ2n) is 6.58. The van der Waals surface area contributed by atoms with Gasteiger partial charge in [0.15, 0.2) is 5.65 Å². The summed E-state index contributed by atoms with van der Waals surface area (Å²) in [5, 5.41) is 8.48. The zero-order valence-corrected chi connectivity index (χ0v) is 15.2. The van der Waals surface area contributed by atoms with Crippen molar-refractivity contribution >= 4 is 28.3 Å². The van der Waals surface area contributed by atoms with Gasteiger partial charge in [0.1, 0.15) is 11.9 Å². The average molecular weight is 367 g/mol. The van der Waals surface area contributed by atoms with Crippen LogP contribution in [0.5, 0.6) is 5.75 Å². The fraction of sp³-hybridized carbons (Fsp3) is 0.316. The molecule has 0 spiro atoms. The van der Waals surface area contributed by atoms with Crippen LogP contribution in [0.15, 0.2) is 30.5 Å². The quantitative estimate of drug-likeness (QED) is 0.717. The number of pyridine rings is 1. The molecule has 4 rings (SSSR count). The molecule has 1 amide bonds. The predicted molar refractivity (Wildman–Crippen MR) is 101 cm³/mol. The molecular formula is C19H21N5O3. The molecule has 8 nitrogen and oxygen atoms in total. The Morgan fingerprint density at radius 3 is 3.04 bits per heavy atom. The zero-order valence-electron chi connectivity index (χ0n) is 15.2. The number of aryl methyl sites for hydroxylation is 2. The first kappa shape index (κ1) is 17.3. The summed E-state index contributed by atoms with van der Waals surface area (Å²) in [5.74, 6) is 0.190. The maximum absolute atomic E-state index is 11.9. The Morgan fingerprint density at radius 2 is 2.30 bits per heavy atom. The van der Waals surface area contributed by atoms with E-state index in [9.17, 15) is 4.79 Å². The molecule has 1 aliphatic heterocycles. The number of nitrogens with zero attached hydrogens (tertiary/aromatic N) is 3. The Morgan fingerprint density at radius 1 is 1.44 bits per heavy atom. The number of nitrogens with one attached hydrogen (secondary N) is 1. The van der Waals surface area contributed by atoms with Gasteiger partial charge in [-0.05, 0) is 19.1 Å². The van der Waals surface area contributed by atoms with Gasteiger partial charge < -0.3 is 20.5 Å². The molecule has 1 saturated heterocycles. The van der Waals surface area contributed by atoms with Gasteiger partial charge in [-0.2, -0.15) is 5.10 Å². The van der Waals surface area contributed by atoms with Gasteiger partial charge in [-0.1, -0.05) is 6.07 Å². The number of carbonyl (C=O) groups excluding carboxylic acids is 1. The second-order valence-corrected chi connectivity index (χ2v) is 6.58. The Labute approximate surface area is 156 Å². The van der Waals surface area contributed by atoms with Crippen molar-refractivity contribution < 1.29 is 14.3 Å². The van der Waals surface area contributed by atoms with Crippen molar-refractivity contribution in [3.05, 3.63) is 41.7 Å². The maximum Gasteiger partial charge on any atom is 0.252 e. The Bertz CT molecular complexity index is 1010. The molecule has 0 saturated carbocycles. The lowest BCUT2D eigenvalue weighted by atomic mass is 10.1. The summed E-state index contributed by atoms with van der Waals surface area (Å²) in [5.41, 5.74) is 8.70. The number of hydrogen-bond acceptors (Lipinski definition) is 6. The largest absolute Gasteiger partial charge is 0.488 e. The van der Waals surface area contributed by atoms with E-state index in [-0.39, 0.29) is 6.10 Å². The topological polar surface area (TPSA) is 104 Å². The van der Waals surface area contributed by atoms with Gasteiger partial charge in [0, 0.05) is 31.4 Å². The van der Waals surface area contributed by atoms with E-state index in [1.54, 1.807) is 4.68 Å². The number of primary amides is 1. The van der Waals surface area contributed by atoms with Crippen molar-refractivity contribution in [1.29, 1.82) is 0 Å². The van der Waals surface area contributed by atoms with E-state index in [0.29, 0.717) is 23.5 Å². The lowest BCUT2D eigenvalue weighted by Crippen LogP contribution is -2.16. The summed E-state index contributed by atoms with van der Waals surface area (Å²) < 4.78 is 13.0. The van der Waals surface area contributed by atoms with Crippen LogP contribution < -0.4 is 15.8 Å². The van der Waals surface area contributed by atoms with Gasteiger partial charge in [0.2, 0.25) is 0 Å². The highest BCUT2D eigenvalue weighted by Gasteiger charge is 2.20. The fourth-order valence-corrected chi connectivity index (χ4v) is 3.32. The molecule has 3 aromatic rings. The van der Waals surface area contributed by atoms with Crippen molar-refractivity contribution in [2.45, 2.75) is 19.4 Å². The molecule has 140 valence electrons. The molecule has 2 aromatic heterocycles. The molecule has 3 N–H and O–H groups in total. The van der Waals surface area contributed by atoms with Crippen molar-refractivity contribution in [3.8, 4) is 5.75 Å². The minimum Gasteiger partial charge on any atom is -0.488 e. The summed E-state index contributed by atoms with van der Waals surface area (Å²) >= 11 is 0. The van der Waals surface area contributed by atoms with Crippen LogP contribution in [0.25, 0.3) is 11.0 Å². The van der Waals surface area contributed by atoms with Crippen molar-refractivity contribution in [2.24, 2.45) is 12.8 Å². The van der Waals surface area contributed by atoms with Gasteiger partial charge in [-0.3, -0.25) is 9.48 Å². The first-order valence-electron chi connectivity index (χ1n) is 8.76. The first-order chi connectivity index (χ1) is 13.0. The van der Waals surface area contributed by atoms with Crippen LogP contribution in [0, 0.1) is 6.92 Å². The number of aromatic nitrogens is 3. The van der Waals surface area contributed by atoms with Crippen LogP contribution in [0.1, 0.15) is 22.5 Å². The van der Waals surface area contributed by atoms with Crippen molar-refractivity contribution in [3.63, 3.8) is 0 Å². The summed E-state index contributed by atoms with van der Waals surface area (Å²) in [6.45, 7) is 3.20. The number of nitrogens with two attached hydrogens (primary N) is 1. The van der Waals surface area contributed by atoms with E-state index in [1.165, 1.54) is 6.20 Å². The normalized spacial score (nSPS) is 16.6. The van der Waals surface area contributed by atoms with E-state index < -0.39 is 5.91 Å². The lowest BCUT2D eigenvalue weighted by molar-refractivity contribution is 0.100. The number of carbonyl (C=O) groups is 1. The molecule has 27 heavy (non-hydrogen) atoms. The number of benzene rings is 1. The van der Waals surface area contributed by atoms with Crippen LogP contribution in [-0.4, -0.2) is 40.0 Å². The Balaban J connectivity index is 1.72. The minimum atomic E-state index is -0.550. The standard InChI is InChI=1S/C19H21N5O3/c1-11-16-17(15(18(20)25)9-21-19(16)24(2)23-11)22-12-4-3-5-13(8-12)27-14-6-7-26-10-14/h3-5,8-9,14H,6-7,10H2,1-2H3,(H2,20,25)(H,21,22). The monoisotopic (exact) mass is 367 g/mol. The minimum absolute atomic E-state index is 0.0645. The molecule has 8 heteroatoms. The Kier molecular flexibility index (Phi) is 4.41. The molecular weight excluding hydrogens is 346 g/mol. The zero-order chi connectivity index (χ0) is 19.0. The molecule has 0 aliphatic carbocycles. The summed E-state index contributed by atoms with van der Waals surface area (Å²) in [6, 6.07) is 7.59. The Hall–Kier alpha value is -3.13. The van der Waals surface area contributed by atoms with Gasteiger partial charge in [-0.25, -0.2) is 4.98 Å². The average Bonchev–Trinajstić information content (AvgIpc) is 3.23. The smallest absolute Gasteiger partial charge is 0.252 e. The highest BCUT2D eigenvalue weighted by Crippen LogP contribution is 2.32. The number of fused-ring (bicyclic) bond motifs is 1. The van der Waals surface area contributed by atoms with Gasteiger partial charge >= 0.3 is 0 Å². The molecule has 1 aromatic carbocycles. The highest BCUT2D eigenvalue weighted by atomic mass is 16.5. The summed E-state index contributed by atoms with van der Waals surface area (Å²) in [7, 11) is 1.81. The first-order valence-corrected chi connectivity index (χ1v) is 8.76. The molecule has 1 atom stereocenters. The predicted octanol–water partition coefficient (Wildman–Crippen LogP) is 2.29. The number of ether oxygens (including phenoxy) is 2. The van der Waals surface area contributed by atoms with E-state index >= 15 is 0 Å². The third kappa shape index (κ3) is 3.31. The van der Waals surface area contributed by atoms with Crippen LogP contribution in [0.3, 0.4) is 0 Å². The number of hydrogen-bond donors (Lipinski definition) is 2. The van der Waals surface area contributed by atoms with Gasteiger partial charge in [0.05, 0.1) is 35.5 Å². The summed E-state index contributed by atoms with van der Waals surface area (Å²) in [6.07, 6.45) is 2.42. The fourth-order valence-electron chi connectivity index (χ4n) is 3.32. The maximum atomic E-state index is 11.9. The van der Waals surface area contributed by atoms with Crippen LogP contribution >= 0.6 is 0 Å². The van der Waals surface area contributed by atoms with Gasteiger partial charge in [0.25, 0.3) is 5.91 Å². The molecule has 0 bridgehead atoms. The lowest BCUT2D eigenvalue weighted by Gasteiger charge is -2.15. The van der Waals surface area contributed by atoms with Crippen LogP contribution in [0.4, 0.5) is 11.4 Å². The van der Waals surface area contributed by atoms with Crippen LogP contribution in [0.2, 0.25) is 0 Å². The third-order valence-corrected chi connectivity index (χ3v) is 4.59. The van der Waals surface area contributed by atoms with Crippen LogP contribution in [-0.2, 0) is 11.8 Å². The SMILES string of the molecule is Cc1nn(C)c2ncc(C(N)=O)c(Nc3cccc(OC4CCOC4)c3)c12.